The van der Waals surface area contributed by atoms with Gasteiger partial charge in [0.05, 0.1) is 7.11 Å². The van der Waals surface area contributed by atoms with E-state index in [0.29, 0.717) is 41.8 Å². The van der Waals surface area contributed by atoms with Crippen molar-refractivity contribution in [2.45, 2.75) is 13.0 Å². The first-order valence-corrected chi connectivity index (χ1v) is 9.22. The molecule has 0 radical (unpaired) electrons. The molecule has 0 saturated heterocycles. The fourth-order valence-corrected chi connectivity index (χ4v) is 3.14. The number of aromatic nitrogens is 1. The molecule has 29 heavy (non-hydrogen) atoms. The van der Waals surface area contributed by atoms with Gasteiger partial charge < -0.3 is 29.8 Å². The number of fused-ring (bicyclic) bond motifs is 2. The topological polar surface area (TPSA) is 102 Å². The molecular formula is C21H21N3O5. The van der Waals surface area contributed by atoms with Crippen LogP contribution < -0.4 is 24.8 Å². The molecule has 3 N–H and O–H groups in total. The van der Waals surface area contributed by atoms with Crippen molar-refractivity contribution in [1.82, 2.24) is 10.3 Å². The Morgan fingerprint density at radius 3 is 2.69 bits per heavy atom. The first kappa shape index (κ1) is 18.7. The average molecular weight is 395 g/mol. The SMILES string of the molecule is COc1cccc2[nH]c(C(=O)N[C@@H](C)C(=O)Nc3ccc4c(c3)OCCO4)cc12. The number of ether oxygens (including phenoxy) is 3. The number of hydrogen-bond acceptors (Lipinski definition) is 5. The number of aromatic amines is 1. The Balaban J connectivity index is 1.42. The fraction of sp³-hybridized carbons (Fsp3) is 0.238. The Morgan fingerprint density at radius 2 is 1.90 bits per heavy atom. The summed E-state index contributed by atoms with van der Waals surface area (Å²) in [6.07, 6.45) is 0. The molecule has 0 bridgehead atoms. The molecular weight excluding hydrogens is 374 g/mol. The van der Waals surface area contributed by atoms with Gasteiger partial charge in [-0.1, -0.05) is 6.07 Å². The van der Waals surface area contributed by atoms with E-state index in [-0.39, 0.29) is 11.8 Å². The number of carbonyl (C=O) groups is 2. The molecule has 0 spiro atoms. The summed E-state index contributed by atoms with van der Waals surface area (Å²) in [4.78, 5) is 28.1. The molecule has 2 heterocycles. The van der Waals surface area contributed by atoms with Gasteiger partial charge in [0.1, 0.15) is 30.7 Å². The Kier molecular flexibility index (Phi) is 4.99. The Hall–Kier alpha value is -3.68. The maximum Gasteiger partial charge on any atom is 0.268 e. The predicted octanol–water partition coefficient (Wildman–Crippen LogP) is 2.70. The lowest BCUT2D eigenvalue weighted by Crippen LogP contribution is -2.41. The van der Waals surface area contributed by atoms with Crippen LogP contribution >= 0.6 is 0 Å². The van der Waals surface area contributed by atoms with Crippen LogP contribution in [0.2, 0.25) is 0 Å². The maximum absolute atomic E-state index is 12.6. The number of hydrogen-bond donors (Lipinski definition) is 3. The van der Waals surface area contributed by atoms with E-state index in [9.17, 15) is 9.59 Å². The van der Waals surface area contributed by atoms with Crippen LogP contribution in [-0.2, 0) is 4.79 Å². The molecule has 0 aliphatic carbocycles. The molecule has 150 valence electrons. The zero-order valence-electron chi connectivity index (χ0n) is 16.1. The first-order chi connectivity index (χ1) is 14.0. The average Bonchev–Trinajstić information content (AvgIpc) is 3.18. The molecule has 8 heteroatoms. The number of benzene rings is 2. The molecule has 0 unspecified atom stereocenters. The molecule has 2 aromatic carbocycles. The molecule has 0 saturated carbocycles. The van der Waals surface area contributed by atoms with E-state index in [0.717, 1.165) is 10.9 Å². The van der Waals surface area contributed by atoms with Gasteiger partial charge in [0.15, 0.2) is 11.5 Å². The van der Waals surface area contributed by atoms with Crippen LogP contribution in [0.1, 0.15) is 17.4 Å². The lowest BCUT2D eigenvalue weighted by molar-refractivity contribution is -0.117. The highest BCUT2D eigenvalue weighted by molar-refractivity contribution is 6.03. The Labute approximate surface area is 167 Å². The number of methoxy groups -OCH3 is 1. The predicted molar refractivity (Wildman–Crippen MR) is 108 cm³/mol. The van der Waals surface area contributed by atoms with E-state index >= 15 is 0 Å². The van der Waals surface area contributed by atoms with Crippen molar-refractivity contribution in [3.05, 3.63) is 48.2 Å². The quantitative estimate of drug-likeness (QED) is 0.617. The van der Waals surface area contributed by atoms with Crippen LogP contribution in [0.5, 0.6) is 17.2 Å². The Bertz CT molecular complexity index is 1080. The van der Waals surface area contributed by atoms with Crippen molar-refractivity contribution in [2.24, 2.45) is 0 Å². The highest BCUT2D eigenvalue weighted by Gasteiger charge is 2.20. The van der Waals surface area contributed by atoms with Gasteiger partial charge in [0.2, 0.25) is 5.91 Å². The maximum atomic E-state index is 12.6. The molecule has 0 fully saturated rings. The molecule has 1 aliphatic rings. The van der Waals surface area contributed by atoms with Crippen LogP contribution in [0.4, 0.5) is 5.69 Å². The summed E-state index contributed by atoms with van der Waals surface area (Å²) in [5.74, 6) is 1.17. The van der Waals surface area contributed by atoms with Crippen LogP contribution in [-0.4, -0.2) is 43.2 Å². The summed E-state index contributed by atoms with van der Waals surface area (Å²) >= 11 is 0. The third-order valence-corrected chi connectivity index (χ3v) is 4.64. The third kappa shape index (κ3) is 3.82. The highest BCUT2D eigenvalue weighted by Crippen LogP contribution is 2.32. The minimum Gasteiger partial charge on any atom is -0.496 e. The number of H-pyrrole nitrogens is 1. The zero-order valence-corrected chi connectivity index (χ0v) is 16.1. The highest BCUT2D eigenvalue weighted by atomic mass is 16.6. The van der Waals surface area contributed by atoms with Crippen LogP contribution in [0.25, 0.3) is 10.9 Å². The van der Waals surface area contributed by atoms with Gasteiger partial charge in [0.25, 0.3) is 5.91 Å². The van der Waals surface area contributed by atoms with Gasteiger partial charge in [-0.3, -0.25) is 9.59 Å². The number of carbonyl (C=O) groups excluding carboxylic acids is 2. The van der Waals surface area contributed by atoms with Crippen molar-refractivity contribution in [1.29, 1.82) is 0 Å². The second-order valence-electron chi connectivity index (χ2n) is 6.65. The number of rotatable bonds is 5. The molecule has 8 nitrogen and oxygen atoms in total. The summed E-state index contributed by atoms with van der Waals surface area (Å²) in [7, 11) is 1.58. The second-order valence-corrected chi connectivity index (χ2v) is 6.65. The fourth-order valence-electron chi connectivity index (χ4n) is 3.14. The minimum atomic E-state index is -0.746. The van der Waals surface area contributed by atoms with Crippen molar-refractivity contribution >= 4 is 28.4 Å². The largest absolute Gasteiger partial charge is 0.496 e. The number of amides is 2. The van der Waals surface area contributed by atoms with E-state index in [1.54, 1.807) is 38.3 Å². The smallest absolute Gasteiger partial charge is 0.268 e. The van der Waals surface area contributed by atoms with Crippen molar-refractivity contribution in [3.63, 3.8) is 0 Å². The summed E-state index contributed by atoms with van der Waals surface area (Å²) < 4.78 is 16.3. The van der Waals surface area contributed by atoms with Gasteiger partial charge in [-0.15, -0.1) is 0 Å². The molecule has 1 atom stereocenters. The van der Waals surface area contributed by atoms with Gasteiger partial charge in [0, 0.05) is 22.7 Å². The van der Waals surface area contributed by atoms with E-state index in [2.05, 4.69) is 15.6 Å². The third-order valence-electron chi connectivity index (χ3n) is 4.64. The Morgan fingerprint density at radius 1 is 1.10 bits per heavy atom. The lowest BCUT2D eigenvalue weighted by atomic mass is 10.2. The summed E-state index contributed by atoms with van der Waals surface area (Å²) in [6.45, 7) is 2.59. The number of nitrogens with one attached hydrogen (secondary N) is 3. The minimum absolute atomic E-state index is 0.344. The normalized spacial score (nSPS) is 13.6. The molecule has 2 amide bonds. The monoisotopic (exact) mass is 395 g/mol. The van der Waals surface area contributed by atoms with Gasteiger partial charge in [-0.2, -0.15) is 0 Å². The molecule has 1 aromatic heterocycles. The van der Waals surface area contributed by atoms with Crippen molar-refractivity contribution < 1.29 is 23.8 Å². The zero-order chi connectivity index (χ0) is 20.4. The van der Waals surface area contributed by atoms with E-state index in [4.69, 9.17) is 14.2 Å². The molecule has 1 aliphatic heterocycles. The second kappa shape index (κ2) is 7.75. The van der Waals surface area contributed by atoms with Crippen LogP contribution in [0, 0.1) is 0 Å². The van der Waals surface area contributed by atoms with Crippen LogP contribution in [0.3, 0.4) is 0 Å². The number of anilines is 1. The molecule has 3 aromatic rings. The van der Waals surface area contributed by atoms with Gasteiger partial charge >= 0.3 is 0 Å². The standard InChI is InChI=1S/C21H21N3O5/c1-12(20(25)23-13-6-7-18-19(10-13)29-9-8-28-18)22-21(26)16-11-14-15(24-16)4-3-5-17(14)27-2/h3-7,10-12,24H,8-9H2,1-2H3,(H,22,26)(H,23,25)/t12-/m0/s1. The van der Waals surface area contributed by atoms with Crippen LogP contribution in [0.15, 0.2) is 42.5 Å². The van der Waals surface area contributed by atoms with E-state index < -0.39 is 6.04 Å². The first-order valence-electron chi connectivity index (χ1n) is 9.22. The molecule has 4 rings (SSSR count). The van der Waals surface area contributed by atoms with Crippen molar-refractivity contribution in [3.8, 4) is 17.2 Å². The summed E-state index contributed by atoms with van der Waals surface area (Å²) in [5, 5.41) is 6.27. The van der Waals surface area contributed by atoms with E-state index in [1.165, 1.54) is 0 Å². The summed E-state index contributed by atoms with van der Waals surface area (Å²) in [6, 6.07) is 11.6. The van der Waals surface area contributed by atoms with E-state index in [1.807, 2.05) is 18.2 Å². The van der Waals surface area contributed by atoms with Crippen molar-refractivity contribution in [2.75, 3.05) is 25.6 Å². The summed E-state index contributed by atoms with van der Waals surface area (Å²) in [5.41, 5.74) is 1.70. The lowest BCUT2D eigenvalue weighted by Gasteiger charge is -2.19. The van der Waals surface area contributed by atoms with Gasteiger partial charge in [-0.05, 0) is 37.3 Å². The van der Waals surface area contributed by atoms with Gasteiger partial charge in [-0.25, -0.2) is 0 Å².